The van der Waals surface area contributed by atoms with Gasteiger partial charge in [0.2, 0.25) is 5.78 Å². The summed E-state index contributed by atoms with van der Waals surface area (Å²) in [7, 11) is 1.60. The van der Waals surface area contributed by atoms with Gasteiger partial charge in [0.15, 0.2) is 0 Å². The Morgan fingerprint density at radius 3 is 2.17 bits per heavy atom. The highest BCUT2D eigenvalue weighted by molar-refractivity contribution is 5.98. The van der Waals surface area contributed by atoms with E-state index in [1.165, 1.54) is 0 Å². The van der Waals surface area contributed by atoms with Crippen molar-refractivity contribution in [3.63, 3.8) is 0 Å². The lowest BCUT2D eigenvalue weighted by Gasteiger charge is -2.51. The maximum Gasteiger partial charge on any atom is 0.281 e. The average molecular weight is 398 g/mol. The number of methoxy groups -OCH3 is 1. The van der Waals surface area contributed by atoms with Gasteiger partial charge in [-0.1, -0.05) is 36.4 Å². The van der Waals surface area contributed by atoms with Crippen LogP contribution < -0.4 is 9.47 Å². The van der Waals surface area contributed by atoms with Crippen LogP contribution in [0.15, 0.2) is 54.6 Å². The van der Waals surface area contributed by atoms with Gasteiger partial charge in [-0.2, -0.15) is 5.06 Å². The second-order valence-corrected chi connectivity index (χ2v) is 8.74. The minimum Gasteiger partial charge on any atom is -0.497 e. The first-order valence-electron chi connectivity index (χ1n) is 10.1. The third kappa shape index (κ3) is 4.98. The molecule has 1 aliphatic rings. The Morgan fingerprint density at radius 1 is 0.931 bits per heavy atom. The molecule has 0 aliphatic carbocycles. The SMILES string of the molecule is COc1cccc(OC(ON2C(C)(C)CCCC2(C)C)C(=O)c2ccccc2)c1. The lowest BCUT2D eigenvalue weighted by molar-refractivity contribution is -0.323. The van der Waals surface area contributed by atoms with Crippen LogP contribution in [0.3, 0.4) is 0 Å². The molecule has 1 fully saturated rings. The maximum atomic E-state index is 13.3. The third-order valence-electron chi connectivity index (χ3n) is 5.43. The minimum absolute atomic E-state index is 0.214. The number of Topliss-reactive ketones (excluding diaryl/α,β-unsaturated/α-hetero) is 1. The van der Waals surface area contributed by atoms with Gasteiger partial charge in [0.25, 0.3) is 6.29 Å². The van der Waals surface area contributed by atoms with Gasteiger partial charge in [-0.05, 0) is 59.1 Å². The molecule has 0 radical (unpaired) electrons. The van der Waals surface area contributed by atoms with Crippen molar-refractivity contribution >= 4 is 5.78 Å². The lowest BCUT2D eigenvalue weighted by Crippen LogP contribution is -2.60. The highest BCUT2D eigenvalue weighted by Crippen LogP contribution is 2.39. The van der Waals surface area contributed by atoms with Crippen molar-refractivity contribution in [1.82, 2.24) is 5.06 Å². The van der Waals surface area contributed by atoms with Crippen molar-refractivity contribution in [2.45, 2.75) is 64.3 Å². The molecule has 0 saturated carbocycles. The lowest BCUT2D eigenvalue weighted by atomic mass is 9.82. The smallest absolute Gasteiger partial charge is 0.281 e. The number of hydrogen-bond donors (Lipinski definition) is 0. The quantitative estimate of drug-likeness (QED) is 0.471. The summed E-state index contributed by atoms with van der Waals surface area (Å²) in [6.07, 6.45) is 2.00. The number of piperidine rings is 1. The summed E-state index contributed by atoms with van der Waals surface area (Å²) >= 11 is 0. The molecule has 0 spiro atoms. The molecule has 0 N–H and O–H groups in total. The molecular formula is C24H31NO4. The molecule has 1 saturated heterocycles. The van der Waals surface area contributed by atoms with Crippen LogP contribution in [0, 0.1) is 0 Å². The molecule has 3 rings (SSSR count). The number of carbonyl (C=O) groups excluding carboxylic acids is 1. The zero-order valence-electron chi connectivity index (χ0n) is 18.0. The zero-order valence-corrected chi connectivity index (χ0v) is 18.0. The average Bonchev–Trinajstić information content (AvgIpc) is 2.69. The van der Waals surface area contributed by atoms with Gasteiger partial charge >= 0.3 is 0 Å². The predicted molar refractivity (Wildman–Crippen MR) is 113 cm³/mol. The molecule has 0 amide bonds. The van der Waals surface area contributed by atoms with Crippen LogP contribution in [0.4, 0.5) is 0 Å². The van der Waals surface area contributed by atoms with Crippen LogP contribution in [0.5, 0.6) is 11.5 Å². The molecule has 5 heteroatoms. The van der Waals surface area contributed by atoms with E-state index in [-0.39, 0.29) is 16.9 Å². The molecule has 2 aromatic rings. The highest BCUT2D eigenvalue weighted by Gasteiger charge is 2.45. The summed E-state index contributed by atoms with van der Waals surface area (Å²) < 4.78 is 11.4. The molecule has 0 aromatic heterocycles. The first-order valence-corrected chi connectivity index (χ1v) is 10.1. The normalized spacial score (nSPS) is 19.3. The summed E-state index contributed by atoms with van der Waals surface area (Å²) in [6.45, 7) is 8.57. The summed E-state index contributed by atoms with van der Waals surface area (Å²) in [5.41, 5.74) is 0.122. The van der Waals surface area contributed by atoms with Crippen LogP contribution in [0.2, 0.25) is 0 Å². The summed E-state index contributed by atoms with van der Waals surface area (Å²) in [5.74, 6) is 0.962. The van der Waals surface area contributed by atoms with E-state index >= 15 is 0 Å². The fourth-order valence-corrected chi connectivity index (χ4v) is 4.02. The minimum atomic E-state index is -1.10. The maximum absolute atomic E-state index is 13.3. The van der Waals surface area contributed by atoms with Crippen LogP contribution in [-0.4, -0.2) is 35.3 Å². The molecule has 1 aliphatic heterocycles. The number of benzene rings is 2. The molecular weight excluding hydrogens is 366 g/mol. The van der Waals surface area contributed by atoms with Gasteiger partial charge in [0, 0.05) is 22.7 Å². The van der Waals surface area contributed by atoms with Crippen molar-refractivity contribution in [3.05, 3.63) is 60.2 Å². The molecule has 1 atom stereocenters. The number of hydroxylamine groups is 2. The highest BCUT2D eigenvalue weighted by atomic mass is 16.8. The van der Waals surface area contributed by atoms with Gasteiger partial charge in [0.1, 0.15) is 11.5 Å². The Hall–Kier alpha value is -2.37. The Kier molecular flexibility index (Phi) is 6.30. The van der Waals surface area contributed by atoms with E-state index < -0.39 is 6.29 Å². The Balaban J connectivity index is 1.92. The van der Waals surface area contributed by atoms with E-state index in [0.29, 0.717) is 17.1 Å². The number of hydrogen-bond acceptors (Lipinski definition) is 5. The standard InChI is InChI=1S/C24H31NO4/c1-23(2)15-10-16-24(3,4)25(23)29-22(21(26)18-11-7-6-8-12-18)28-20-14-9-13-19(17-20)27-5/h6-9,11-14,17,22H,10,15-16H2,1-5H3. The van der Waals surface area contributed by atoms with Crippen LogP contribution >= 0.6 is 0 Å². The Labute approximate surface area is 173 Å². The van der Waals surface area contributed by atoms with Crippen molar-refractivity contribution < 1.29 is 19.1 Å². The Morgan fingerprint density at radius 2 is 1.55 bits per heavy atom. The van der Waals surface area contributed by atoms with Gasteiger partial charge in [-0.25, -0.2) is 4.84 Å². The van der Waals surface area contributed by atoms with Crippen LogP contribution in [0.1, 0.15) is 57.3 Å². The number of ketones is 1. The number of ether oxygens (including phenoxy) is 2. The van der Waals surface area contributed by atoms with Crippen molar-refractivity contribution in [2.75, 3.05) is 7.11 Å². The van der Waals surface area contributed by atoms with E-state index in [1.807, 2.05) is 35.4 Å². The Bertz CT molecular complexity index is 816. The topological polar surface area (TPSA) is 48.0 Å². The number of carbonyl (C=O) groups is 1. The fourth-order valence-electron chi connectivity index (χ4n) is 4.02. The second kappa shape index (κ2) is 8.56. The molecule has 1 heterocycles. The number of rotatable bonds is 7. The molecule has 29 heavy (non-hydrogen) atoms. The van der Waals surface area contributed by atoms with E-state index in [4.69, 9.17) is 14.3 Å². The monoisotopic (exact) mass is 397 g/mol. The zero-order chi connectivity index (χ0) is 21.1. The van der Waals surface area contributed by atoms with E-state index in [9.17, 15) is 4.79 Å². The van der Waals surface area contributed by atoms with Crippen molar-refractivity contribution in [1.29, 1.82) is 0 Å². The number of nitrogens with zero attached hydrogens (tertiary/aromatic N) is 1. The fraction of sp³-hybridized carbons (Fsp3) is 0.458. The predicted octanol–water partition coefficient (Wildman–Crippen LogP) is 5.26. The molecule has 5 nitrogen and oxygen atoms in total. The van der Waals surface area contributed by atoms with Crippen LogP contribution in [-0.2, 0) is 4.84 Å². The van der Waals surface area contributed by atoms with Gasteiger partial charge in [-0.15, -0.1) is 0 Å². The molecule has 2 aromatic carbocycles. The first kappa shape index (κ1) is 21.3. The van der Waals surface area contributed by atoms with Gasteiger partial charge in [0.05, 0.1) is 7.11 Å². The van der Waals surface area contributed by atoms with Crippen molar-refractivity contribution in [2.24, 2.45) is 0 Å². The van der Waals surface area contributed by atoms with E-state index in [2.05, 4.69) is 27.7 Å². The van der Waals surface area contributed by atoms with Gasteiger partial charge in [-0.3, -0.25) is 4.79 Å². The largest absolute Gasteiger partial charge is 0.497 e. The van der Waals surface area contributed by atoms with Crippen molar-refractivity contribution in [3.8, 4) is 11.5 Å². The summed E-state index contributed by atoms with van der Waals surface area (Å²) in [5, 5.41) is 1.95. The second-order valence-electron chi connectivity index (χ2n) is 8.74. The van der Waals surface area contributed by atoms with E-state index in [0.717, 1.165) is 19.3 Å². The molecule has 0 bridgehead atoms. The molecule has 156 valence electrons. The summed E-state index contributed by atoms with van der Waals surface area (Å²) in [4.78, 5) is 19.6. The summed E-state index contributed by atoms with van der Waals surface area (Å²) in [6, 6.07) is 16.3. The van der Waals surface area contributed by atoms with Gasteiger partial charge < -0.3 is 9.47 Å². The first-order chi connectivity index (χ1) is 13.7. The van der Waals surface area contributed by atoms with E-state index in [1.54, 1.807) is 31.4 Å². The third-order valence-corrected chi connectivity index (χ3v) is 5.43. The molecule has 1 unspecified atom stereocenters. The van der Waals surface area contributed by atoms with Crippen LogP contribution in [0.25, 0.3) is 0 Å².